The number of carbonyl (C=O) groups excluding carboxylic acids is 4. The van der Waals surface area contributed by atoms with E-state index < -0.39 is 42.1 Å². The lowest BCUT2D eigenvalue weighted by atomic mass is 9.94. The molecule has 0 aromatic carbocycles. The fourth-order valence-electron chi connectivity index (χ4n) is 3.87. The van der Waals surface area contributed by atoms with Crippen LogP contribution in [0.5, 0.6) is 0 Å². The maximum atomic E-state index is 11.9. The number of carbonyl (C=O) groups is 5. The number of aliphatic hydroxyl groups is 1. The molecule has 0 saturated heterocycles. The van der Waals surface area contributed by atoms with Crippen LogP contribution >= 0.6 is 0 Å². The first-order chi connectivity index (χ1) is 22.2. The van der Waals surface area contributed by atoms with Crippen molar-refractivity contribution in [3.8, 4) is 0 Å². The third-order valence-electron chi connectivity index (χ3n) is 6.65. The molecule has 1 unspecified atom stereocenters. The van der Waals surface area contributed by atoms with Gasteiger partial charge in [0.05, 0.1) is 19.4 Å². The highest BCUT2D eigenvalue weighted by Crippen LogP contribution is 2.16. The zero-order valence-electron chi connectivity index (χ0n) is 28.7. The van der Waals surface area contributed by atoms with E-state index in [9.17, 15) is 39.4 Å². The van der Waals surface area contributed by atoms with Gasteiger partial charge in [-0.2, -0.15) is 5.06 Å². The number of hydroxylamine groups is 6. The quantitative estimate of drug-likeness (QED) is 0.0323. The van der Waals surface area contributed by atoms with Crippen molar-refractivity contribution in [1.82, 2.24) is 25.8 Å². The van der Waals surface area contributed by atoms with Crippen molar-refractivity contribution in [3.05, 3.63) is 24.3 Å². The molecular weight excluding hydrogens is 614 g/mol. The summed E-state index contributed by atoms with van der Waals surface area (Å²) in [5, 5.41) is 54.2. The van der Waals surface area contributed by atoms with E-state index in [1.54, 1.807) is 26.1 Å². The second-order valence-electron chi connectivity index (χ2n) is 11.1. The second-order valence-corrected chi connectivity index (χ2v) is 11.1. The van der Waals surface area contributed by atoms with E-state index in [1.165, 1.54) is 17.2 Å². The van der Waals surface area contributed by atoms with Crippen molar-refractivity contribution in [3.63, 3.8) is 0 Å². The number of unbranched alkanes of at least 4 members (excludes halogenated alkanes) is 7. The largest absolute Gasteiger partial charge is 0.479 e. The predicted octanol–water partition coefficient (Wildman–Crippen LogP) is 3.02. The highest BCUT2D eigenvalue weighted by molar-refractivity contribution is 5.91. The van der Waals surface area contributed by atoms with Gasteiger partial charge in [-0.15, -0.1) is 0 Å². The monoisotopic (exact) mass is 673 g/mol. The van der Waals surface area contributed by atoms with Crippen molar-refractivity contribution < 1.29 is 49.8 Å². The van der Waals surface area contributed by atoms with E-state index in [-0.39, 0.29) is 25.4 Å². The second kappa shape index (κ2) is 28.8. The van der Waals surface area contributed by atoms with E-state index in [2.05, 4.69) is 17.6 Å². The van der Waals surface area contributed by atoms with Gasteiger partial charge in [0, 0.05) is 45.4 Å². The number of hydrogen-bond donors (Lipinski definition) is 7. The lowest BCUT2D eigenvalue weighted by molar-refractivity contribution is -0.164. The average molecular weight is 674 g/mol. The minimum absolute atomic E-state index is 0.0268. The van der Waals surface area contributed by atoms with Crippen LogP contribution in [0.25, 0.3) is 0 Å². The first-order valence-electron chi connectivity index (χ1n) is 16.5. The number of aliphatic carboxylic acids is 1. The van der Waals surface area contributed by atoms with E-state index in [1.807, 2.05) is 6.92 Å². The summed E-state index contributed by atoms with van der Waals surface area (Å²) in [6.45, 7) is 6.98. The molecule has 0 fully saturated rings. The Morgan fingerprint density at radius 3 is 1.66 bits per heavy atom. The predicted molar refractivity (Wildman–Crippen MR) is 175 cm³/mol. The van der Waals surface area contributed by atoms with Crippen LogP contribution in [0.4, 0.5) is 0 Å². The topological polar surface area (TPSA) is 220 Å². The molecule has 15 nitrogen and oxygen atoms in total. The fourth-order valence-corrected chi connectivity index (χ4v) is 3.87. The summed E-state index contributed by atoms with van der Waals surface area (Å²) in [7, 11) is 1.64. The Hall–Kier alpha value is -3.37. The summed E-state index contributed by atoms with van der Waals surface area (Å²) in [4.78, 5) is 57.8. The SMILES string of the molecule is CCCCC/C=C/C(=O)N(O)CCCNC(=O)CC(O)(CC(=O)NCCC)C(=O)O.CCN(O)C(=O)/C=C/CCCCCCN(C)O. The number of allylic oxidation sites excluding steroid dienone is 2. The third-order valence-corrected chi connectivity index (χ3v) is 6.65. The van der Waals surface area contributed by atoms with Crippen LogP contribution in [-0.4, -0.2) is 116 Å². The van der Waals surface area contributed by atoms with Crippen LogP contribution in [0, 0.1) is 0 Å². The summed E-state index contributed by atoms with van der Waals surface area (Å²) in [6, 6.07) is 0. The Morgan fingerprint density at radius 1 is 0.660 bits per heavy atom. The molecule has 7 N–H and O–H groups in total. The average Bonchev–Trinajstić information content (AvgIpc) is 3.02. The number of likely N-dealkylation sites (N-methyl/N-ethyl adjacent to an activating group) is 1. The Morgan fingerprint density at radius 2 is 1.17 bits per heavy atom. The van der Waals surface area contributed by atoms with Gasteiger partial charge in [0.1, 0.15) is 0 Å². The van der Waals surface area contributed by atoms with Crippen molar-refractivity contribution >= 4 is 29.6 Å². The minimum atomic E-state index is -2.51. The van der Waals surface area contributed by atoms with Gasteiger partial charge in [0.2, 0.25) is 11.8 Å². The zero-order valence-corrected chi connectivity index (χ0v) is 28.7. The number of rotatable bonds is 25. The summed E-state index contributed by atoms with van der Waals surface area (Å²) in [5.41, 5.74) is -2.51. The molecule has 1 atom stereocenters. The van der Waals surface area contributed by atoms with E-state index in [0.717, 1.165) is 57.8 Å². The van der Waals surface area contributed by atoms with E-state index in [4.69, 9.17) is 10.4 Å². The number of carboxylic acids is 1. The molecule has 0 rings (SSSR count). The molecule has 0 spiro atoms. The maximum Gasteiger partial charge on any atom is 0.336 e. The van der Waals surface area contributed by atoms with E-state index >= 15 is 0 Å². The smallest absolute Gasteiger partial charge is 0.336 e. The van der Waals surface area contributed by atoms with E-state index in [0.29, 0.717) is 36.2 Å². The van der Waals surface area contributed by atoms with Gasteiger partial charge < -0.3 is 26.1 Å². The molecule has 0 bridgehead atoms. The Kier molecular flexibility index (Phi) is 28.1. The van der Waals surface area contributed by atoms with Crippen molar-refractivity contribution in [2.45, 2.75) is 110 Å². The Labute approximate surface area is 279 Å². The minimum Gasteiger partial charge on any atom is -0.479 e. The molecule has 0 aromatic heterocycles. The number of nitrogens with one attached hydrogen (secondary N) is 2. The summed E-state index contributed by atoms with van der Waals surface area (Å²) in [6.07, 6.45) is 14.4. The van der Waals surface area contributed by atoms with Gasteiger partial charge >= 0.3 is 5.97 Å². The van der Waals surface area contributed by atoms with Gasteiger partial charge in [-0.05, 0) is 51.9 Å². The van der Waals surface area contributed by atoms with Crippen LogP contribution < -0.4 is 10.6 Å². The summed E-state index contributed by atoms with van der Waals surface area (Å²) >= 11 is 0. The molecule has 0 radical (unpaired) electrons. The van der Waals surface area contributed by atoms with Gasteiger partial charge in [0.15, 0.2) is 5.60 Å². The number of amides is 4. The Bertz CT molecular complexity index is 961. The third kappa shape index (κ3) is 26.4. The van der Waals surface area contributed by atoms with Crippen molar-refractivity contribution in [2.75, 3.05) is 39.8 Å². The molecule has 0 aliphatic carbocycles. The van der Waals surface area contributed by atoms with Crippen LogP contribution in [-0.2, 0) is 24.0 Å². The van der Waals surface area contributed by atoms with Crippen molar-refractivity contribution in [2.24, 2.45) is 0 Å². The number of nitrogens with zero attached hydrogens (tertiary/aromatic N) is 3. The fraction of sp³-hybridized carbons (Fsp3) is 0.719. The van der Waals surface area contributed by atoms with Crippen LogP contribution in [0.3, 0.4) is 0 Å². The maximum absolute atomic E-state index is 11.9. The molecule has 0 aliphatic rings. The van der Waals surface area contributed by atoms with Gasteiger partial charge in [-0.25, -0.2) is 14.9 Å². The molecule has 15 heteroatoms. The normalized spacial score (nSPS) is 12.4. The summed E-state index contributed by atoms with van der Waals surface area (Å²) in [5.74, 6) is -4.01. The first kappa shape index (κ1) is 45.8. The standard InChI is InChI=1S/C20H35N3O7.C12H24N2O3/c1-3-5-6-7-8-10-18(26)23(30)13-9-12-22-17(25)15-20(29,19(27)28)14-16(24)21-11-4-2;1-3-14(17)12(15)10-8-6-4-5-7-9-11-13(2)16/h8,10,29-30H,3-7,9,11-15H2,1-2H3,(H,21,24)(H,22,25)(H,27,28);8,10,16-17H,3-7,9,11H2,1-2H3/b2*10-8+. The lowest BCUT2D eigenvalue weighted by Crippen LogP contribution is -2.47. The summed E-state index contributed by atoms with van der Waals surface area (Å²) < 4.78 is 0. The molecule has 0 heterocycles. The van der Waals surface area contributed by atoms with Crippen LogP contribution in [0.2, 0.25) is 0 Å². The zero-order chi connectivity index (χ0) is 36.1. The van der Waals surface area contributed by atoms with Crippen molar-refractivity contribution in [1.29, 1.82) is 0 Å². The van der Waals surface area contributed by atoms with Crippen LogP contribution in [0.1, 0.15) is 104 Å². The molecular formula is C32H59N5O10. The Balaban J connectivity index is 0. The molecule has 0 aromatic rings. The van der Waals surface area contributed by atoms with Gasteiger partial charge in [-0.3, -0.25) is 29.6 Å². The number of hydrogen-bond acceptors (Lipinski definition) is 10. The molecule has 272 valence electrons. The number of carboxylic acid groups (broad SMARTS) is 1. The molecule has 4 amide bonds. The van der Waals surface area contributed by atoms with Crippen LogP contribution in [0.15, 0.2) is 24.3 Å². The molecule has 0 saturated carbocycles. The van der Waals surface area contributed by atoms with Gasteiger partial charge in [0.25, 0.3) is 11.8 Å². The molecule has 47 heavy (non-hydrogen) atoms. The van der Waals surface area contributed by atoms with Gasteiger partial charge in [-0.1, -0.05) is 51.7 Å². The first-order valence-corrected chi connectivity index (χ1v) is 16.5. The highest BCUT2D eigenvalue weighted by atomic mass is 16.5. The molecule has 0 aliphatic heterocycles. The lowest BCUT2D eigenvalue weighted by Gasteiger charge is -2.22. The highest BCUT2D eigenvalue weighted by Gasteiger charge is 2.40.